The van der Waals surface area contributed by atoms with Crippen LogP contribution in [-0.4, -0.2) is 39.0 Å². The molecule has 5 rings (SSSR count). The van der Waals surface area contributed by atoms with Crippen molar-refractivity contribution < 1.29 is 0 Å². The Kier molecular flexibility index (Phi) is 2.92. The van der Waals surface area contributed by atoms with E-state index in [1.807, 2.05) is 53.8 Å². The highest BCUT2D eigenvalue weighted by Crippen LogP contribution is 2.32. The molecule has 9 nitrogen and oxygen atoms in total. The van der Waals surface area contributed by atoms with Crippen LogP contribution >= 0.6 is 0 Å². The van der Waals surface area contributed by atoms with Crippen molar-refractivity contribution in [2.75, 3.05) is 0 Å². The number of fused-ring (bicyclic) bond motifs is 6. The van der Waals surface area contributed by atoms with Crippen LogP contribution in [0.2, 0.25) is 0 Å². The molecule has 0 bridgehead atoms. The summed E-state index contributed by atoms with van der Waals surface area (Å²) in [5.41, 5.74) is 3.39. The second-order valence-corrected chi connectivity index (χ2v) is 7.37. The number of aromatic nitrogens is 8. The zero-order valence-corrected chi connectivity index (χ0v) is 15.0. The second-order valence-electron chi connectivity index (χ2n) is 7.37. The quantitative estimate of drug-likeness (QED) is 0.456. The maximum atomic E-state index is 9.44. The number of para-hydroxylation sites is 1. The van der Waals surface area contributed by atoms with E-state index in [4.69, 9.17) is 0 Å². The van der Waals surface area contributed by atoms with Crippen molar-refractivity contribution in [2.24, 2.45) is 0 Å². The van der Waals surface area contributed by atoms with Gasteiger partial charge in [0.25, 0.3) is 0 Å². The van der Waals surface area contributed by atoms with Gasteiger partial charge >= 0.3 is 0 Å². The third-order valence-corrected chi connectivity index (χ3v) is 4.60. The molecule has 0 aliphatic carbocycles. The van der Waals surface area contributed by atoms with Gasteiger partial charge in [-0.15, -0.1) is 20.0 Å². The van der Waals surface area contributed by atoms with Gasteiger partial charge in [0, 0.05) is 10.8 Å². The predicted octanol–water partition coefficient (Wildman–Crippen LogP) is 2.42. The van der Waals surface area contributed by atoms with Crippen LogP contribution in [0.4, 0.5) is 0 Å². The molecule has 1 aromatic carbocycles. The summed E-state index contributed by atoms with van der Waals surface area (Å²) < 4.78 is 5.14. The van der Waals surface area contributed by atoms with Crippen LogP contribution in [0.25, 0.3) is 33.7 Å². The Labute approximate surface area is 153 Å². The van der Waals surface area contributed by atoms with Crippen molar-refractivity contribution in [1.29, 1.82) is 5.26 Å². The Morgan fingerprint density at radius 2 is 1.89 bits per heavy atom. The Morgan fingerprint density at radius 3 is 2.67 bits per heavy atom. The highest BCUT2D eigenvalue weighted by molar-refractivity contribution is 5.94. The van der Waals surface area contributed by atoms with Crippen LogP contribution in [0.15, 0.2) is 36.8 Å². The summed E-state index contributed by atoms with van der Waals surface area (Å²) in [6.45, 7) is 6.03. The van der Waals surface area contributed by atoms with Crippen molar-refractivity contribution in [1.82, 2.24) is 39.0 Å². The molecule has 27 heavy (non-hydrogen) atoms. The molecule has 4 heterocycles. The standard InChI is InChI=1S/C18H15N9/c1-18(2,3)15-14(21-24-26(15)9-19)17-23-22-16-11-6-4-5-7-12(11)25-10-20-8-13(25)27(16)17/h4-8,10H,1-3H3. The summed E-state index contributed by atoms with van der Waals surface area (Å²) in [6, 6.07) is 7.96. The first-order chi connectivity index (χ1) is 13.0. The van der Waals surface area contributed by atoms with Gasteiger partial charge in [-0.3, -0.25) is 8.80 Å². The largest absolute Gasteiger partial charge is 0.284 e. The van der Waals surface area contributed by atoms with Crippen LogP contribution in [0, 0.1) is 11.5 Å². The Hall–Kier alpha value is -3.80. The van der Waals surface area contributed by atoms with Crippen molar-refractivity contribution >= 4 is 22.2 Å². The molecule has 0 fully saturated rings. The summed E-state index contributed by atoms with van der Waals surface area (Å²) in [4.78, 5) is 4.30. The maximum Gasteiger partial charge on any atom is 0.208 e. The number of benzene rings is 1. The van der Waals surface area contributed by atoms with E-state index in [9.17, 15) is 5.26 Å². The van der Waals surface area contributed by atoms with E-state index in [0.717, 1.165) is 16.6 Å². The van der Waals surface area contributed by atoms with Gasteiger partial charge in [-0.25, -0.2) is 4.98 Å². The van der Waals surface area contributed by atoms with Gasteiger partial charge in [0.1, 0.15) is 12.0 Å². The number of rotatable bonds is 1. The lowest BCUT2D eigenvalue weighted by Crippen LogP contribution is -2.18. The van der Waals surface area contributed by atoms with Crippen LogP contribution in [0.5, 0.6) is 0 Å². The summed E-state index contributed by atoms with van der Waals surface area (Å²) in [7, 11) is 0. The van der Waals surface area contributed by atoms with Crippen molar-refractivity contribution in [3.05, 3.63) is 42.5 Å². The molecule has 0 unspecified atom stereocenters. The molecule has 0 aliphatic heterocycles. The fourth-order valence-corrected chi connectivity index (χ4v) is 3.52. The smallest absolute Gasteiger partial charge is 0.208 e. The number of hydrogen-bond donors (Lipinski definition) is 0. The predicted molar refractivity (Wildman–Crippen MR) is 98.0 cm³/mol. The number of nitriles is 1. The van der Waals surface area contributed by atoms with Gasteiger partial charge in [0.05, 0.1) is 17.4 Å². The van der Waals surface area contributed by atoms with E-state index in [-0.39, 0.29) is 5.41 Å². The van der Waals surface area contributed by atoms with Crippen molar-refractivity contribution in [3.63, 3.8) is 0 Å². The van der Waals surface area contributed by atoms with E-state index in [1.54, 1.807) is 12.5 Å². The monoisotopic (exact) mass is 357 g/mol. The first-order valence-electron chi connectivity index (χ1n) is 8.45. The third-order valence-electron chi connectivity index (χ3n) is 4.60. The minimum absolute atomic E-state index is 0.353. The zero-order chi connectivity index (χ0) is 18.8. The molecule has 0 saturated heterocycles. The first-order valence-corrected chi connectivity index (χ1v) is 8.45. The molecule has 0 saturated carbocycles. The summed E-state index contributed by atoms with van der Waals surface area (Å²) in [5, 5.41) is 27.5. The zero-order valence-electron chi connectivity index (χ0n) is 15.0. The summed E-state index contributed by atoms with van der Waals surface area (Å²) in [5.74, 6) is 0.535. The first kappa shape index (κ1) is 15.5. The average Bonchev–Trinajstić information content (AvgIpc) is 3.36. The number of hydrogen-bond acceptors (Lipinski definition) is 6. The Balaban J connectivity index is 1.96. The fourth-order valence-electron chi connectivity index (χ4n) is 3.52. The van der Waals surface area contributed by atoms with Crippen LogP contribution in [0.3, 0.4) is 0 Å². The van der Waals surface area contributed by atoms with E-state index in [0.29, 0.717) is 22.9 Å². The van der Waals surface area contributed by atoms with Crippen LogP contribution in [-0.2, 0) is 5.41 Å². The van der Waals surface area contributed by atoms with Crippen LogP contribution in [0.1, 0.15) is 26.5 Å². The highest BCUT2D eigenvalue weighted by Gasteiger charge is 2.30. The lowest BCUT2D eigenvalue weighted by atomic mass is 9.90. The fraction of sp³-hybridized carbons (Fsp3) is 0.222. The normalized spacial score (nSPS) is 12.2. The molecule has 132 valence electrons. The summed E-state index contributed by atoms with van der Waals surface area (Å²) in [6.07, 6.45) is 5.59. The van der Waals surface area contributed by atoms with E-state index in [2.05, 4.69) is 31.7 Å². The number of nitrogens with zero attached hydrogens (tertiary/aromatic N) is 9. The van der Waals surface area contributed by atoms with E-state index in [1.165, 1.54) is 4.68 Å². The summed E-state index contributed by atoms with van der Waals surface area (Å²) >= 11 is 0. The van der Waals surface area contributed by atoms with E-state index >= 15 is 0 Å². The minimum Gasteiger partial charge on any atom is -0.284 e. The molecule has 4 aromatic heterocycles. The Bertz CT molecular complexity index is 1370. The van der Waals surface area contributed by atoms with Gasteiger partial charge in [0.15, 0.2) is 17.2 Å². The third kappa shape index (κ3) is 2.01. The maximum absolute atomic E-state index is 9.44. The molecule has 0 amide bonds. The lowest BCUT2D eigenvalue weighted by molar-refractivity contribution is 0.546. The molecule has 0 N–H and O–H groups in total. The van der Waals surface area contributed by atoms with E-state index < -0.39 is 0 Å². The lowest BCUT2D eigenvalue weighted by Gasteiger charge is -2.18. The molecular formula is C18H15N9. The van der Waals surface area contributed by atoms with Gasteiger partial charge in [-0.2, -0.15) is 5.26 Å². The molecule has 9 heteroatoms. The SMILES string of the molecule is CC(C)(C)c1c(-c2nnc3c4ccccc4n4cncc4n23)nnn1C#N. The Morgan fingerprint density at radius 1 is 1.07 bits per heavy atom. The molecule has 0 radical (unpaired) electrons. The number of imidazole rings is 1. The topological polar surface area (TPSA) is 102 Å². The molecule has 0 atom stereocenters. The molecular weight excluding hydrogens is 342 g/mol. The molecule has 5 aromatic rings. The van der Waals surface area contributed by atoms with Crippen molar-refractivity contribution in [2.45, 2.75) is 26.2 Å². The second kappa shape index (κ2) is 5.11. The van der Waals surface area contributed by atoms with Gasteiger partial charge in [-0.05, 0) is 12.1 Å². The van der Waals surface area contributed by atoms with Gasteiger partial charge in [0.2, 0.25) is 6.19 Å². The average molecular weight is 357 g/mol. The minimum atomic E-state index is -0.353. The van der Waals surface area contributed by atoms with Crippen LogP contribution < -0.4 is 0 Å². The molecule has 0 spiro atoms. The highest BCUT2D eigenvalue weighted by atomic mass is 15.4. The van der Waals surface area contributed by atoms with Crippen molar-refractivity contribution in [3.8, 4) is 17.7 Å². The molecule has 0 aliphatic rings. The van der Waals surface area contributed by atoms with Gasteiger partial charge in [-0.1, -0.05) is 38.1 Å². The van der Waals surface area contributed by atoms with Gasteiger partial charge < -0.3 is 0 Å².